The lowest BCUT2D eigenvalue weighted by Gasteiger charge is -2.40. The summed E-state index contributed by atoms with van der Waals surface area (Å²) in [5, 5.41) is 9.24. The third kappa shape index (κ3) is 2.66. The van der Waals surface area contributed by atoms with Crippen molar-refractivity contribution in [2.24, 2.45) is 5.73 Å². The Morgan fingerprint density at radius 2 is 2.28 bits per heavy atom. The first-order chi connectivity index (χ1) is 8.65. The van der Waals surface area contributed by atoms with Crippen LogP contribution >= 0.6 is 0 Å². The van der Waals surface area contributed by atoms with E-state index in [0.29, 0.717) is 25.7 Å². The van der Waals surface area contributed by atoms with E-state index in [0.717, 1.165) is 11.3 Å². The van der Waals surface area contributed by atoms with Crippen LogP contribution < -0.4 is 10.6 Å². The number of nitrogens with two attached hydrogens (primary N) is 1. The fourth-order valence-corrected chi connectivity index (χ4v) is 2.42. The Morgan fingerprint density at radius 3 is 2.94 bits per heavy atom. The molecule has 0 saturated carbocycles. The van der Waals surface area contributed by atoms with Gasteiger partial charge in [0, 0.05) is 24.8 Å². The zero-order valence-corrected chi connectivity index (χ0v) is 11.1. The molecule has 0 radical (unpaired) electrons. The SMILES string of the molecule is Cc1ccc(N2CC(CO)OCC2C)c(CN)c1. The van der Waals surface area contributed by atoms with Gasteiger partial charge in [0.1, 0.15) is 0 Å². The minimum absolute atomic E-state index is 0.0625. The molecule has 1 saturated heterocycles. The Labute approximate surface area is 108 Å². The van der Waals surface area contributed by atoms with Gasteiger partial charge in [-0.05, 0) is 25.5 Å². The molecule has 4 heteroatoms. The molecule has 2 atom stereocenters. The molecule has 3 N–H and O–H groups in total. The van der Waals surface area contributed by atoms with Crippen molar-refractivity contribution in [1.29, 1.82) is 0 Å². The Hall–Kier alpha value is -1.10. The van der Waals surface area contributed by atoms with E-state index in [2.05, 4.69) is 36.9 Å². The molecule has 1 aromatic rings. The second-order valence-corrected chi connectivity index (χ2v) is 4.98. The first-order valence-corrected chi connectivity index (χ1v) is 6.44. The predicted molar refractivity (Wildman–Crippen MR) is 72.7 cm³/mol. The third-order valence-electron chi connectivity index (χ3n) is 3.47. The average molecular weight is 250 g/mol. The number of hydrogen-bond acceptors (Lipinski definition) is 4. The van der Waals surface area contributed by atoms with Gasteiger partial charge in [-0.1, -0.05) is 17.7 Å². The summed E-state index contributed by atoms with van der Waals surface area (Å²) >= 11 is 0. The van der Waals surface area contributed by atoms with Crippen LogP contribution in [0.4, 0.5) is 5.69 Å². The van der Waals surface area contributed by atoms with E-state index in [-0.39, 0.29) is 12.7 Å². The smallest absolute Gasteiger partial charge is 0.0981 e. The van der Waals surface area contributed by atoms with E-state index in [1.54, 1.807) is 0 Å². The molecule has 2 unspecified atom stereocenters. The van der Waals surface area contributed by atoms with Gasteiger partial charge in [-0.2, -0.15) is 0 Å². The van der Waals surface area contributed by atoms with Crippen molar-refractivity contribution in [3.05, 3.63) is 29.3 Å². The lowest BCUT2D eigenvalue weighted by atomic mass is 10.1. The number of rotatable bonds is 3. The Bertz CT molecular complexity index is 409. The molecular formula is C14H22N2O2. The van der Waals surface area contributed by atoms with Crippen LogP contribution in [0.2, 0.25) is 0 Å². The van der Waals surface area contributed by atoms with Gasteiger partial charge in [-0.25, -0.2) is 0 Å². The van der Waals surface area contributed by atoms with Crippen molar-refractivity contribution in [2.75, 3.05) is 24.7 Å². The molecule has 0 spiro atoms. The Morgan fingerprint density at radius 1 is 1.50 bits per heavy atom. The standard InChI is InChI=1S/C14H22N2O2/c1-10-3-4-14(12(5-10)6-15)16-7-13(8-17)18-9-11(16)2/h3-5,11,13,17H,6-9,15H2,1-2H3. The average Bonchev–Trinajstić information content (AvgIpc) is 2.39. The minimum atomic E-state index is -0.104. The maximum atomic E-state index is 9.24. The first kappa shape index (κ1) is 13.3. The predicted octanol–water partition coefficient (Wildman–Crippen LogP) is 1.04. The minimum Gasteiger partial charge on any atom is -0.394 e. The summed E-state index contributed by atoms with van der Waals surface area (Å²) in [6, 6.07) is 6.66. The molecule has 1 aliphatic heterocycles. The highest BCUT2D eigenvalue weighted by molar-refractivity contribution is 5.56. The van der Waals surface area contributed by atoms with E-state index in [1.807, 2.05) is 0 Å². The fourth-order valence-electron chi connectivity index (χ4n) is 2.42. The number of nitrogens with zero attached hydrogens (tertiary/aromatic N) is 1. The topological polar surface area (TPSA) is 58.7 Å². The molecule has 2 rings (SSSR count). The van der Waals surface area contributed by atoms with Gasteiger partial charge in [0.25, 0.3) is 0 Å². The van der Waals surface area contributed by atoms with Crippen LogP contribution in [-0.4, -0.2) is 37.0 Å². The lowest BCUT2D eigenvalue weighted by Crippen LogP contribution is -2.50. The number of anilines is 1. The molecule has 1 aromatic carbocycles. The quantitative estimate of drug-likeness (QED) is 0.841. The highest BCUT2D eigenvalue weighted by Crippen LogP contribution is 2.26. The summed E-state index contributed by atoms with van der Waals surface area (Å²) in [6.45, 7) is 6.16. The zero-order valence-electron chi connectivity index (χ0n) is 11.1. The first-order valence-electron chi connectivity index (χ1n) is 6.44. The second-order valence-electron chi connectivity index (χ2n) is 4.98. The number of aliphatic hydroxyl groups is 1. The number of aryl methyl sites for hydroxylation is 1. The monoisotopic (exact) mass is 250 g/mol. The fraction of sp³-hybridized carbons (Fsp3) is 0.571. The molecule has 4 nitrogen and oxygen atoms in total. The third-order valence-corrected chi connectivity index (χ3v) is 3.47. The van der Waals surface area contributed by atoms with Gasteiger partial charge in [-0.3, -0.25) is 0 Å². The van der Waals surface area contributed by atoms with Crippen LogP contribution in [0.5, 0.6) is 0 Å². The van der Waals surface area contributed by atoms with Crippen LogP contribution in [0.25, 0.3) is 0 Å². The zero-order chi connectivity index (χ0) is 13.1. The summed E-state index contributed by atoms with van der Waals surface area (Å²) in [6.07, 6.45) is -0.104. The second kappa shape index (κ2) is 5.69. The number of benzene rings is 1. The lowest BCUT2D eigenvalue weighted by molar-refractivity contribution is -0.0103. The maximum absolute atomic E-state index is 9.24. The van der Waals surface area contributed by atoms with Crippen LogP contribution in [-0.2, 0) is 11.3 Å². The molecule has 0 aromatic heterocycles. The van der Waals surface area contributed by atoms with E-state index in [9.17, 15) is 5.11 Å². The van der Waals surface area contributed by atoms with E-state index in [4.69, 9.17) is 10.5 Å². The highest BCUT2D eigenvalue weighted by Gasteiger charge is 2.26. The van der Waals surface area contributed by atoms with Crippen molar-refractivity contribution < 1.29 is 9.84 Å². The molecule has 0 amide bonds. The Kier molecular flexibility index (Phi) is 4.22. The van der Waals surface area contributed by atoms with E-state index >= 15 is 0 Å². The van der Waals surface area contributed by atoms with Crippen LogP contribution in [0.1, 0.15) is 18.1 Å². The molecular weight excluding hydrogens is 228 g/mol. The summed E-state index contributed by atoms with van der Waals surface area (Å²) in [4.78, 5) is 2.28. The van der Waals surface area contributed by atoms with Gasteiger partial charge in [0.2, 0.25) is 0 Å². The summed E-state index contributed by atoms with van der Waals surface area (Å²) in [5.74, 6) is 0. The van der Waals surface area contributed by atoms with Gasteiger partial charge in [0.15, 0.2) is 0 Å². The molecule has 1 aliphatic rings. The van der Waals surface area contributed by atoms with Crippen LogP contribution in [0.3, 0.4) is 0 Å². The molecule has 18 heavy (non-hydrogen) atoms. The summed E-state index contributed by atoms with van der Waals surface area (Å²) in [5.41, 5.74) is 9.37. The molecule has 0 aliphatic carbocycles. The van der Waals surface area contributed by atoms with E-state index in [1.165, 1.54) is 5.56 Å². The van der Waals surface area contributed by atoms with Crippen molar-refractivity contribution in [3.63, 3.8) is 0 Å². The molecule has 1 heterocycles. The summed E-state index contributed by atoms with van der Waals surface area (Å²) < 4.78 is 5.57. The number of hydrogen-bond donors (Lipinski definition) is 2. The molecule has 100 valence electrons. The van der Waals surface area contributed by atoms with E-state index < -0.39 is 0 Å². The maximum Gasteiger partial charge on any atom is 0.0981 e. The number of morpholine rings is 1. The largest absolute Gasteiger partial charge is 0.394 e. The van der Waals surface area contributed by atoms with Crippen molar-refractivity contribution in [3.8, 4) is 0 Å². The van der Waals surface area contributed by atoms with Crippen LogP contribution in [0.15, 0.2) is 18.2 Å². The van der Waals surface area contributed by atoms with Gasteiger partial charge in [-0.15, -0.1) is 0 Å². The number of aliphatic hydroxyl groups excluding tert-OH is 1. The highest BCUT2D eigenvalue weighted by atomic mass is 16.5. The van der Waals surface area contributed by atoms with Crippen molar-refractivity contribution in [2.45, 2.75) is 32.5 Å². The van der Waals surface area contributed by atoms with Gasteiger partial charge < -0.3 is 20.5 Å². The van der Waals surface area contributed by atoms with Gasteiger partial charge in [0.05, 0.1) is 19.3 Å². The molecule has 1 fully saturated rings. The summed E-state index contributed by atoms with van der Waals surface area (Å²) in [7, 11) is 0. The van der Waals surface area contributed by atoms with Crippen molar-refractivity contribution >= 4 is 5.69 Å². The normalized spacial score (nSPS) is 24.3. The van der Waals surface area contributed by atoms with Crippen LogP contribution in [0, 0.1) is 6.92 Å². The molecule has 0 bridgehead atoms. The van der Waals surface area contributed by atoms with Gasteiger partial charge >= 0.3 is 0 Å². The van der Waals surface area contributed by atoms with Crippen molar-refractivity contribution in [1.82, 2.24) is 0 Å². The number of ether oxygens (including phenoxy) is 1. The Balaban J connectivity index is 2.28.